The molecule has 0 heterocycles. The van der Waals surface area contributed by atoms with Gasteiger partial charge in [-0.05, 0) is 42.9 Å². The summed E-state index contributed by atoms with van der Waals surface area (Å²) in [5.41, 5.74) is 6.33. The molecule has 70 valence electrons. The van der Waals surface area contributed by atoms with E-state index in [9.17, 15) is 4.39 Å². The summed E-state index contributed by atoms with van der Waals surface area (Å²) in [7, 11) is 0. The van der Waals surface area contributed by atoms with E-state index in [-0.39, 0.29) is 5.82 Å². The lowest BCUT2D eigenvalue weighted by Gasteiger charge is -2.00. The largest absolute Gasteiger partial charge is 0.330 e. The molecule has 0 aromatic heterocycles. The highest BCUT2D eigenvalue weighted by Crippen LogP contribution is 2.49. The van der Waals surface area contributed by atoms with E-state index in [2.05, 4.69) is 0 Å². The number of halogens is 1. The van der Waals surface area contributed by atoms with Gasteiger partial charge in [0.15, 0.2) is 0 Å². The Hall–Kier alpha value is -0.890. The lowest BCUT2D eigenvalue weighted by Crippen LogP contribution is -2.00. The predicted molar refractivity (Wildman–Crippen MR) is 50.9 cm³/mol. The van der Waals surface area contributed by atoms with Crippen LogP contribution in [-0.2, 0) is 0 Å². The molecule has 2 heteroatoms. The molecule has 1 aromatic rings. The van der Waals surface area contributed by atoms with Crippen molar-refractivity contribution in [2.75, 3.05) is 6.54 Å². The third-order valence-electron chi connectivity index (χ3n) is 2.76. The van der Waals surface area contributed by atoms with Gasteiger partial charge in [0.25, 0.3) is 0 Å². The van der Waals surface area contributed by atoms with E-state index in [1.54, 1.807) is 6.07 Å². The van der Waals surface area contributed by atoms with Crippen LogP contribution in [0.2, 0.25) is 0 Å². The highest BCUT2D eigenvalue weighted by molar-refractivity contribution is 5.27. The van der Waals surface area contributed by atoms with Crippen molar-refractivity contribution >= 4 is 0 Å². The first kappa shape index (κ1) is 8.70. The second kappa shape index (κ2) is 3.46. The summed E-state index contributed by atoms with van der Waals surface area (Å²) in [5.74, 6) is 0.999. The van der Waals surface area contributed by atoms with E-state index in [1.807, 2.05) is 12.1 Å². The molecule has 0 radical (unpaired) electrons. The van der Waals surface area contributed by atoms with Gasteiger partial charge in [-0.15, -0.1) is 0 Å². The lowest BCUT2D eigenvalue weighted by molar-refractivity contribution is 0.602. The minimum absolute atomic E-state index is 0.0629. The zero-order chi connectivity index (χ0) is 9.26. The number of benzene rings is 1. The number of rotatable bonds is 3. The van der Waals surface area contributed by atoms with Crippen LogP contribution in [0, 0.1) is 11.7 Å². The summed E-state index contributed by atoms with van der Waals surface area (Å²) in [4.78, 5) is 0. The number of hydrogen-bond donors (Lipinski definition) is 1. The van der Waals surface area contributed by atoms with Crippen molar-refractivity contribution in [2.24, 2.45) is 11.7 Å². The van der Waals surface area contributed by atoms with Gasteiger partial charge in [-0.1, -0.05) is 18.2 Å². The Bertz CT molecular complexity index is 298. The molecule has 1 nitrogen and oxygen atoms in total. The van der Waals surface area contributed by atoms with Crippen molar-refractivity contribution in [3.05, 3.63) is 35.6 Å². The molecule has 2 N–H and O–H groups in total. The van der Waals surface area contributed by atoms with Gasteiger partial charge in [-0.3, -0.25) is 0 Å². The molecule has 2 unspecified atom stereocenters. The van der Waals surface area contributed by atoms with E-state index in [4.69, 9.17) is 5.73 Å². The molecular weight excluding hydrogens is 165 g/mol. The van der Waals surface area contributed by atoms with Crippen LogP contribution in [0.5, 0.6) is 0 Å². The summed E-state index contributed by atoms with van der Waals surface area (Å²) in [6.07, 6.45) is 2.14. The minimum atomic E-state index is -0.0629. The van der Waals surface area contributed by atoms with Crippen molar-refractivity contribution < 1.29 is 4.39 Å². The quantitative estimate of drug-likeness (QED) is 0.756. The SMILES string of the molecule is NCCC1CC1c1ccccc1F. The smallest absolute Gasteiger partial charge is 0.126 e. The fraction of sp³-hybridized carbons (Fsp3) is 0.455. The van der Waals surface area contributed by atoms with Crippen LogP contribution in [0.4, 0.5) is 4.39 Å². The van der Waals surface area contributed by atoms with Crippen LogP contribution in [-0.4, -0.2) is 6.54 Å². The molecule has 0 spiro atoms. The average Bonchev–Trinajstić information content (AvgIpc) is 2.86. The summed E-state index contributed by atoms with van der Waals surface area (Å²) < 4.78 is 13.3. The molecule has 2 rings (SSSR count). The van der Waals surface area contributed by atoms with E-state index < -0.39 is 0 Å². The Kier molecular flexibility index (Phi) is 2.32. The van der Waals surface area contributed by atoms with E-state index in [0.717, 1.165) is 24.9 Å². The standard InChI is InChI=1S/C11H14FN/c12-11-4-2-1-3-9(11)10-7-8(10)5-6-13/h1-4,8,10H,5-7,13H2. The first-order valence-electron chi connectivity index (χ1n) is 4.77. The Morgan fingerprint density at radius 2 is 2.15 bits per heavy atom. The second-order valence-corrected chi connectivity index (χ2v) is 3.70. The summed E-state index contributed by atoms with van der Waals surface area (Å²) in [6, 6.07) is 7.05. The summed E-state index contributed by atoms with van der Waals surface area (Å²) >= 11 is 0. The normalized spacial score (nSPS) is 26.0. The first-order valence-corrected chi connectivity index (χ1v) is 4.77. The topological polar surface area (TPSA) is 26.0 Å². The molecule has 0 saturated heterocycles. The van der Waals surface area contributed by atoms with Gasteiger partial charge in [-0.2, -0.15) is 0 Å². The van der Waals surface area contributed by atoms with Gasteiger partial charge in [0.2, 0.25) is 0 Å². The molecule has 1 fully saturated rings. The first-order chi connectivity index (χ1) is 6.33. The van der Waals surface area contributed by atoms with Gasteiger partial charge in [-0.25, -0.2) is 4.39 Å². The van der Waals surface area contributed by atoms with Gasteiger partial charge >= 0.3 is 0 Å². The molecule has 1 aromatic carbocycles. The molecule has 0 aliphatic heterocycles. The van der Waals surface area contributed by atoms with Crippen molar-refractivity contribution in [2.45, 2.75) is 18.8 Å². The summed E-state index contributed by atoms with van der Waals surface area (Å²) in [5, 5.41) is 0. The second-order valence-electron chi connectivity index (χ2n) is 3.70. The van der Waals surface area contributed by atoms with E-state index >= 15 is 0 Å². The maximum absolute atomic E-state index is 13.3. The fourth-order valence-electron chi connectivity index (χ4n) is 1.94. The highest BCUT2D eigenvalue weighted by atomic mass is 19.1. The average molecular weight is 179 g/mol. The van der Waals surface area contributed by atoms with Crippen LogP contribution in [0.15, 0.2) is 24.3 Å². The Morgan fingerprint density at radius 1 is 1.38 bits per heavy atom. The predicted octanol–water partition coefficient (Wildman–Crippen LogP) is 2.28. The lowest BCUT2D eigenvalue weighted by atomic mass is 10.1. The molecule has 2 atom stereocenters. The van der Waals surface area contributed by atoms with Crippen LogP contribution in [0.3, 0.4) is 0 Å². The van der Waals surface area contributed by atoms with Gasteiger partial charge in [0.1, 0.15) is 5.82 Å². The van der Waals surface area contributed by atoms with E-state index in [1.165, 1.54) is 6.07 Å². The van der Waals surface area contributed by atoms with Crippen LogP contribution in [0.25, 0.3) is 0 Å². The maximum atomic E-state index is 13.3. The van der Waals surface area contributed by atoms with Crippen molar-refractivity contribution in [3.63, 3.8) is 0 Å². The van der Waals surface area contributed by atoms with Crippen LogP contribution in [0.1, 0.15) is 24.3 Å². The number of nitrogens with two attached hydrogens (primary N) is 1. The number of hydrogen-bond acceptors (Lipinski definition) is 1. The van der Waals surface area contributed by atoms with Gasteiger partial charge < -0.3 is 5.73 Å². The summed E-state index contributed by atoms with van der Waals surface area (Å²) in [6.45, 7) is 0.718. The molecule has 13 heavy (non-hydrogen) atoms. The highest BCUT2D eigenvalue weighted by Gasteiger charge is 2.38. The fourth-order valence-corrected chi connectivity index (χ4v) is 1.94. The van der Waals surface area contributed by atoms with Gasteiger partial charge in [0.05, 0.1) is 0 Å². The molecule has 0 amide bonds. The zero-order valence-corrected chi connectivity index (χ0v) is 7.54. The molecule has 1 saturated carbocycles. The molecule has 1 aliphatic rings. The van der Waals surface area contributed by atoms with Crippen molar-refractivity contribution in [1.82, 2.24) is 0 Å². The Balaban J connectivity index is 2.07. The monoisotopic (exact) mass is 179 g/mol. The zero-order valence-electron chi connectivity index (χ0n) is 7.54. The van der Waals surface area contributed by atoms with Crippen molar-refractivity contribution in [3.8, 4) is 0 Å². The maximum Gasteiger partial charge on any atom is 0.126 e. The Morgan fingerprint density at radius 3 is 2.85 bits per heavy atom. The molecule has 0 bridgehead atoms. The van der Waals surface area contributed by atoms with Gasteiger partial charge in [0, 0.05) is 0 Å². The van der Waals surface area contributed by atoms with Crippen LogP contribution < -0.4 is 5.73 Å². The third kappa shape index (κ3) is 1.73. The molecular formula is C11H14FN. The van der Waals surface area contributed by atoms with Crippen LogP contribution >= 0.6 is 0 Å². The minimum Gasteiger partial charge on any atom is -0.330 e. The van der Waals surface area contributed by atoms with E-state index in [0.29, 0.717) is 11.8 Å². The Labute approximate surface area is 77.8 Å². The molecule has 1 aliphatic carbocycles. The third-order valence-corrected chi connectivity index (χ3v) is 2.76. The van der Waals surface area contributed by atoms with Crippen molar-refractivity contribution in [1.29, 1.82) is 0 Å².